The predicted molar refractivity (Wildman–Crippen MR) is 234 cm³/mol. The largest absolute Gasteiger partial charge is 0.378 e. The number of anilines is 1. The van der Waals surface area contributed by atoms with Crippen LogP contribution in [0.3, 0.4) is 0 Å². The molecule has 4 aliphatic rings. The number of fused-ring (bicyclic) bond motifs is 1. The molecule has 1 unspecified atom stereocenters. The summed E-state index contributed by atoms with van der Waals surface area (Å²) in [7, 11) is 1.97. The molecular formula is C42H58ClN11O8S. The number of nitrogens with zero attached hydrogens (tertiary/aromatic N) is 5. The third-order valence-corrected chi connectivity index (χ3v) is 13.0. The summed E-state index contributed by atoms with van der Waals surface area (Å²) in [5.74, 6) is 0.0701. The summed E-state index contributed by atoms with van der Waals surface area (Å²) in [6.07, 6.45) is 11.3. The fourth-order valence-electron chi connectivity index (χ4n) is 7.94. The zero-order chi connectivity index (χ0) is 44.1. The van der Waals surface area contributed by atoms with E-state index in [0.717, 1.165) is 53.8 Å². The van der Waals surface area contributed by atoms with Crippen molar-refractivity contribution >= 4 is 58.4 Å². The number of hydrogen-bond donors (Lipinski definition) is 6. The number of amides is 5. The van der Waals surface area contributed by atoms with Crippen molar-refractivity contribution < 1.29 is 38.2 Å². The smallest absolute Gasteiger partial charge is 0.265 e. The molecule has 63 heavy (non-hydrogen) atoms. The molecule has 0 bridgehead atoms. The van der Waals surface area contributed by atoms with E-state index in [1.165, 1.54) is 29.1 Å². The highest BCUT2D eigenvalue weighted by Gasteiger charge is 2.40. The van der Waals surface area contributed by atoms with E-state index in [2.05, 4.69) is 42.0 Å². The van der Waals surface area contributed by atoms with Crippen LogP contribution in [0.1, 0.15) is 77.2 Å². The van der Waals surface area contributed by atoms with Gasteiger partial charge in [-0.2, -0.15) is 5.10 Å². The van der Waals surface area contributed by atoms with E-state index in [0.29, 0.717) is 99.7 Å². The number of thiophene rings is 1. The summed E-state index contributed by atoms with van der Waals surface area (Å²) in [5.41, 5.74) is 3.67. The van der Waals surface area contributed by atoms with E-state index in [4.69, 9.17) is 30.8 Å². The quantitative estimate of drug-likeness (QED) is 0.0525. The van der Waals surface area contributed by atoms with Crippen molar-refractivity contribution in [3.05, 3.63) is 44.5 Å². The first-order valence-corrected chi connectivity index (χ1v) is 23.1. The molecule has 342 valence electrons. The van der Waals surface area contributed by atoms with Crippen LogP contribution in [0, 0.1) is 5.92 Å². The number of imide groups is 1. The maximum atomic E-state index is 12.9. The van der Waals surface area contributed by atoms with Crippen LogP contribution in [0.15, 0.2) is 18.5 Å². The summed E-state index contributed by atoms with van der Waals surface area (Å²) < 4.78 is 18.6. The number of rotatable bonds is 25. The second-order valence-corrected chi connectivity index (χ2v) is 17.9. The maximum absolute atomic E-state index is 12.9. The van der Waals surface area contributed by atoms with Gasteiger partial charge in [0.25, 0.3) is 5.91 Å². The Bertz CT molecular complexity index is 2070. The third kappa shape index (κ3) is 13.5. The lowest BCUT2D eigenvalue weighted by Gasteiger charge is -2.29. The van der Waals surface area contributed by atoms with Gasteiger partial charge in [-0.05, 0) is 68.9 Å². The van der Waals surface area contributed by atoms with Gasteiger partial charge < -0.3 is 45.7 Å². The molecule has 6 N–H and O–H groups in total. The minimum absolute atomic E-state index is 0.0660. The van der Waals surface area contributed by atoms with Crippen LogP contribution in [-0.4, -0.2) is 138 Å². The lowest BCUT2D eigenvalue weighted by Crippen LogP contribution is -2.52. The van der Waals surface area contributed by atoms with Crippen molar-refractivity contribution in [2.24, 2.45) is 13.0 Å². The minimum Gasteiger partial charge on any atom is -0.378 e. The Morgan fingerprint density at radius 3 is 2.33 bits per heavy atom. The van der Waals surface area contributed by atoms with E-state index in [-0.39, 0.29) is 55.2 Å². The van der Waals surface area contributed by atoms with Gasteiger partial charge in [0.2, 0.25) is 29.6 Å². The molecule has 21 heteroatoms. The first-order valence-electron chi connectivity index (χ1n) is 21.9. The Morgan fingerprint density at radius 1 is 0.889 bits per heavy atom. The predicted octanol–water partition coefficient (Wildman–Crippen LogP) is 1.69. The van der Waals surface area contributed by atoms with Crippen molar-refractivity contribution in [1.29, 1.82) is 0 Å². The van der Waals surface area contributed by atoms with Crippen molar-refractivity contribution in [2.75, 3.05) is 71.1 Å². The zero-order valence-electron chi connectivity index (χ0n) is 35.7. The van der Waals surface area contributed by atoms with E-state index in [9.17, 15) is 24.0 Å². The van der Waals surface area contributed by atoms with Crippen molar-refractivity contribution in [3.8, 4) is 11.3 Å². The molecule has 0 radical (unpaired) electrons. The molecule has 5 heterocycles. The van der Waals surface area contributed by atoms with Gasteiger partial charge in [0, 0.05) is 61.3 Å². The molecule has 3 aromatic heterocycles. The Hall–Kier alpha value is -4.57. The lowest BCUT2D eigenvalue weighted by atomic mass is 9.91. The van der Waals surface area contributed by atoms with E-state index in [1.807, 2.05) is 24.0 Å². The highest BCUT2D eigenvalue weighted by atomic mass is 35.5. The van der Waals surface area contributed by atoms with Crippen molar-refractivity contribution in [3.63, 3.8) is 0 Å². The van der Waals surface area contributed by atoms with Gasteiger partial charge in [0.1, 0.15) is 6.04 Å². The topological polar surface area (TPSA) is 232 Å². The van der Waals surface area contributed by atoms with Crippen LogP contribution in [0.5, 0.6) is 0 Å². The molecule has 1 atom stereocenters. The number of aryl methyl sites for hydroxylation is 1. The first-order chi connectivity index (χ1) is 30.6. The average molecular weight is 913 g/mol. The zero-order valence-corrected chi connectivity index (χ0v) is 37.3. The number of piperidine rings is 1. The van der Waals surface area contributed by atoms with E-state index < -0.39 is 11.9 Å². The molecule has 3 aromatic rings. The molecule has 7 rings (SSSR count). The van der Waals surface area contributed by atoms with Crippen LogP contribution in [0.2, 0.25) is 5.02 Å². The highest BCUT2D eigenvalue weighted by Crippen LogP contribution is 2.37. The Labute approximate surface area is 375 Å². The summed E-state index contributed by atoms with van der Waals surface area (Å²) in [6, 6.07) is 1.75. The van der Waals surface area contributed by atoms with Crippen LogP contribution >= 0.6 is 22.9 Å². The number of halogens is 1. The number of nitrogens with one attached hydrogen (secondary N) is 6. The maximum Gasteiger partial charge on any atom is 0.265 e. The molecule has 5 amide bonds. The van der Waals surface area contributed by atoms with E-state index in [1.54, 1.807) is 6.20 Å². The average Bonchev–Trinajstić information content (AvgIpc) is 3.79. The second kappa shape index (κ2) is 22.9. The van der Waals surface area contributed by atoms with Gasteiger partial charge in [0.15, 0.2) is 0 Å². The van der Waals surface area contributed by atoms with Gasteiger partial charge in [-0.15, -0.1) is 11.3 Å². The molecule has 0 spiro atoms. The van der Waals surface area contributed by atoms with Crippen LogP contribution in [0.25, 0.3) is 11.3 Å². The molecule has 0 aromatic carbocycles. The first kappa shape index (κ1) is 46.4. The van der Waals surface area contributed by atoms with Gasteiger partial charge in [-0.1, -0.05) is 11.6 Å². The Balaban J connectivity index is 0.639. The summed E-state index contributed by atoms with van der Waals surface area (Å²) in [5, 5.41) is 23.0. The van der Waals surface area contributed by atoms with Gasteiger partial charge in [-0.3, -0.25) is 34.0 Å². The van der Waals surface area contributed by atoms with Crippen molar-refractivity contribution in [2.45, 2.75) is 89.0 Å². The normalized spacial score (nSPS) is 19.9. The molecule has 2 aliphatic heterocycles. The number of carbonyl (C=O) groups is 5. The molecule has 1 saturated heterocycles. The number of hydrogen-bond acceptors (Lipinski definition) is 15. The standard InChI is InChI=1S/C42H58ClN11O8S/c1-53-34(18-26-2-3-26)31(21-49-53)38-32(43)22-48-42(52-38)50-29-6-4-28(5-7-29)46-24-37(57)45-11-13-61-15-17-62-16-14-60-12-10-44-23-36(56)47-20-30-19-27-25-54(41(59)39(27)63-30)33-8-9-35(55)51-40(33)58/h19,21-22,26,28-29,33,44,46H,2-18,20,23-25H2,1H3,(H,45,57)(H,47,56)(H,48,50,52)(H,51,55,58)/t28-,29-,33?. The number of aromatic nitrogens is 4. The van der Waals surface area contributed by atoms with Crippen LogP contribution < -0.4 is 31.9 Å². The van der Waals surface area contributed by atoms with Gasteiger partial charge >= 0.3 is 0 Å². The molecule has 19 nitrogen and oxygen atoms in total. The molecule has 2 aliphatic carbocycles. The van der Waals surface area contributed by atoms with Gasteiger partial charge in [0.05, 0.1) is 87.3 Å². The van der Waals surface area contributed by atoms with Gasteiger partial charge in [-0.25, -0.2) is 9.97 Å². The Kier molecular flexibility index (Phi) is 16.8. The third-order valence-electron chi connectivity index (χ3n) is 11.6. The highest BCUT2D eigenvalue weighted by molar-refractivity contribution is 7.14. The molecular weight excluding hydrogens is 854 g/mol. The number of ether oxygens (including phenoxy) is 3. The Morgan fingerprint density at radius 2 is 1.60 bits per heavy atom. The summed E-state index contributed by atoms with van der Waals surface area (Å²) >= 11 is 7.86. The lowest BCUT2D eigenvalue weighted by molar-refractivity contribution is -0.137. The van der Waals surface area contributed by atoms with Crippen molar-refractivity contribution in [1.82, 2.24) is 51.2 Å². The monoisotopic (exact) mass is 911 g/mol. The molecule has 2 saturated carbocycles. The van der Waals surface area contributed by atoms with E-state index >= 15 is 0 Å². The second-order valence-electron chi connectivity index (χ2n) is 16.3. The minimum atomic E-state index is -0.640. The van der Waals surface area contributed by atoms with Crippen LogP contribution in [0.4, 0.5) is 5.95 Å². The fourth-order valence-corrected chi connectivity index (χ4v) is 9.19. The number of carbonyl (C=O) groups excluding carboxylic acids is 5. The summed E-state index contributed by atoms with van der Waals surface area (Å²) in [6.45, 7) is 4.33. The molecule has 3 fully saturated rings. The van der Waals surface area contributed by atoms with Crippen LogP contribution in [-0.2, 0) is 59.9 Å². The fraction of sp³-hybridized carbons (Fsp3) is 0.619. The summed E-state index contributed by atoms with van der Waals surface area (Å²) in [4.78, 5) is 73.5. The SMILES string of the molecule is Cn1ncc(-c2nc(N[C@H]3CC[C@H](NCC(=O)NCCOCCOCCOCCNCC(=O)NCc4cc5c(s4)C(=O)N(C4CCC(=O)NC4=O)C5)CC3)ncc2Cl)c1CC1CC1.